The summed E-state index contributed by atoms with van der Waals surface area (Å²) in [5, 5.41) is 30.4. The van der Waals surface area contributed by atoms with Gasteiger partial charge in [-0.1, -0.05) is 77.7 Å². The van der Waals surface area contributed by atoms with Gasteiger partial charge in [-0.2, -0.15) is 0 Å². The lowest BCUT2D eigenvalue weighted by molar-refractivity contribution is -0.384. The number of aliphatic hydroxyl groups is 1. The minimum absolute atomic E-state index is 0.103. The molecule has 1 aliphatic heterocycles. The van der Waals surface area contributed by atoms with Gasteiger partial charge < -0.3 is 5.11 Å². The van der Waals surface area contributed by atoms with Crippen LogP contribution in [0.25, 0.3) is 6.08 Å². The Morgan fingerprint density at radius 1 is 1.07 bits per heavy atom. The van der Waals surface area contributed by atoms with Gasteiger partial charge in [-0.15, -0.1) is 10.2 Å². The van der Waals surface area contributed by atoms with Crippen molar-refractivity contribution in [3.63, 3.8) is 0 Å². The first-order valence-electron chi connectivity index (χ1n) is 11.8. The molecule has 0 saturated heterocycles. The maximum atomic E-state index is 14.0. The summed E-state index contributed by atoms with van der Waals surface area (Å²) in [5.41, 5.74) is 1.21. The average Bonchev–Trinajstić information content (AvgIpc) is 3.53. The molecule has 0 aliphatic carbocycles. The van der Waals surface area contributed by atoms with Crippen molar-refractivity contribution >= 4 is 51.7 Å². The number of nitrogens with zero attached hydrogens (tertiary/aromatic N) is 4. The standard InChI is InChI=1S/C28H19FN4O5S2/c29-21-9-5-4-8-19(21)16-39-28-31-30-27(40-28)32-24(18-11-13-20(14-12-18)33(37)38)23(25(35)26(32)36)22(34)15-10-17-6-2-1-3-7-17/h1-15,24,35H,16H2. The van der Waals surface area contributed by atoms with Crippen molar-refractivity contribution < 1.29 is 24.0 Å². The third kappa shape index (κ3) is 5.53. The van der Waals surface area contributed by atoms with E-state index in [0.717, 1.165) is 21.8 Å². The molecule has 0 radical (unpaired) electrons. The molecule has 1 atom stereocenters. The average molecular weight is 575 g/mol. The number of allylic oxidation sites excluding steroid dienone is 1. The van der Waals surface area contributed by atoms with Crippen LogP contribution < -0.4 is 4.90 Å². The number of ketones is 1. The normalized spacial score (nSPS) is 15.3. The van der Waals surface area contributed by atoms with E-state index in [1.54, 1.807) is 48.5 Å². The number of hydrogen-bond acceptors (Lipinski definition) is 9. The number of carbonyl (C=O) groups is 2. The van der Waals surface area contributed by atoms with Crippen molar-refractivity contribution in [3.8, 4) is 0 Å². The zero-order valence-corrected chi connectivity index (χ0v) is 22.1. The number of hydrogen-bond donors (Lipinski definition) is 1. The van der Waals surface area contributed by atoms with E-state index in [-0.39, 0.29) is 28.0 Å². The third-order valence-corrected chi connectivity index (χ3v) is 8.14. The number of nitro groups is 1. The highest BCUT2D eigenvalue weighted by Crippen LogP contribution is 2.43. The summed E-state index contributed by atoms with van der Waals surface area (Å²) < 4.78 is 14.5. The van der Waals surface area contributed by atoms with Crippen LogP contribution in [0.1, 0.15) is 22.7 Å². The lowest BCUT2D eigenvalue weighted by Gasteiger charge is -2.23. The predicted octanol–water partition coefficient (Wildman–Crippen LogP) is 6.06. The highest BCUT2D eigenvalue weighted by Gasteiger charge is 2.45. The molecule has 0 saturated carbocycles. The number of anilines is 1. The van der Waals surface area contributed by atoms with Gasteiger partial charge in [0.1, 0.15) is 5.82 Å². The number of non-ortho nitro benzene ring substituents is 1. The Balaban J connectivity index is 1.48. The van der Waals surface area contributed by atoms with Crippen LogP contribution in [0, 0.1) is 15.9 Å². The van der Waals surface area contributed by atoms with Crippen molar-refractivity contribution in [3.05, 3.63) is 129 Å². The zero-order valence-electron chi connectivity index (χ0n) is 20.5. The number of rotatable bonds is 9. The lowest BCUT2D eigenvalue weighted by atomic mass is 9.95. The van der Waals surface area contributed by atoms with Gasteiger partial charge >= 0.3 is 0 Å². The van der Waals surface area contributed by atoms with E-state index in [1.807, 2.05) is 6.07 Å². The monoisotopic (exact) mass is 574 g/mol. The van der Waals surface area contributed by atoms with Crippen molar-refractivity contribution in [1.82, 2.24) is 10.2 Å². The molecule has 9 nitrogen and oxygen atoms in total. The molecule has 1 aliphatic rings. The first kappa shape index (κ1) is 26.9. The fourth-order valence-electron chi connectivity index (χ4n) is 4.09. The number of amides is 1. The van der Waals surface area contributed by atoms with Crippen molar-refractivity contribution in [2.45, 2.75) is 16.1 Å². The van der Waals surface area contributed by atoms with Gasteiger partial charge in [0, 0.05) is 17.9 Å². The maximum absolute atomic E-state index is 14.0. The summed E-state index contributed by atoms with van der Waals surface area (Å²) in [7, 11) is 0. The summed E-state index contributed by atoms with van der Waals surface area (Å²) in [6.45, 7) is 0. The zero-order chi connectivity index (χ0) is 28.2. The minimum atomic E-state index is -1.11. The Morgan fingerprint density at radius 3 is 2.48 bits per heavy atom. The van der Waals surface area contributed by atoms with Crippen LogP contribution in [-0.4, -0.2) is 31.9 Å². The summed E-state index contributed by atoms with van der Waals surface area (Å²) >= 11 is 2.26. The molecular weight excluding hydrogens is 555 g/mol. The van der Waals surface area contributed by atoms with Gasteiger partial charge in [0.2, 0.25) is 5.13 Å². The third-order valence-electron chi connectivity index (χ3n) is 6.03. The molecule has 1 aromatic heterocycles. The predicted molar refractivity (Wildman–Crippen MR) is 149 cm³/mol. The highest BCUT2D eigenvalue weighted by atomic mass is 32.2. The van der Waals surface area contributed by atoms with Gasteiger partial charge in [0.15, 0.2) is 15.9 Å². The molecular formula is C28H19FN4O5S2. The van der Waals surface area contributed by atoms with Crippen molar-refractivity contribution in [2.75, 3.05) is 4.90 Å². The van der Waals surface area contributed by atoms with Crippen LogP contribution in [0.2, 0.25) is 0 Å². The number of halogens is 1. The Labute approximate surface area is 235 Å². The molecule has 1 amide bonds. The molecule has 1 N–H and O–H groups in total. The van der Waals surface area contributed by atoms with E-state index in [0.29, 0.717) is 15.5 Å². The summed E-state index contributed by atoms with van der Waals surface area (Å²) in [6, 6.07) is 19.6. The topological polar surface area (TPSA) is 127 Å². The van der Waals surface area contributed by atoms with Gasteiger partial charge in [-0.05, 0) is 41.0 Å². The first-order chi connectivity index (χ1) is 19.3. The fraction of sp³-hybridized carbons (Fsp3) is 0.0714. The molecule has 12 heteroatoms. The molecule has 1 unspecified atom stereocenters. The van der Waals surface area contributed by atoms with Crippen LogP contribution in [0.5, 0.6) is 0 Å². The quantitative estimate of drug-likeness (QED) is 0.0840. The van der Waals surface area contributed by atoms with Gasteiger partial charge in [-0.3, -0.25) is 24.6 Å². The molecule has 0 bridgehead atoms. The second-order valence-electron chi connectivity index (χ2n) is 8.53. The van der Waals surface area contributed by atoms with Crippen LogP contribution >= 0.6 is 23.1 Å². The van der Waals surface area contributed by atoms with E-state index in [4.69, 9.17) is 0 Å². The molecule has 3 aromatic carbocycles. The Kier molecular flexibility index (Phi) is 7.80. The fourth-order valence-corrected chi connectivity index (χ4v) is 5.94. The number of nitro benzene ring substituents is 1. The second kappa shape index (κ2) is 11.6. The van der Waals surface area contributed by atoms with Crippen LogP contribution in [0.3, 0.4) is 0 Å². The SMILES string of the molecule is O=C(C=Cc1ccccc1)C1=C(O)C(=O)N(c2nnc(SCc3ccccc3F)s2)C1c1ccc([N+](=O)[O-])cc1. The van der Waals surface area contributed by atoms with Crippen LogP contribution in [0.15, 0.2) is 101 Å². The van der Waals surface area contributed by atoms with Gasteiger partial charge in [-0.25, -0.2) is 4.39 Å². The van der Waals surface area contributed by atoms with Gasteiger partial charge in [0.05, 0.1) is 16.5 Å². The Morgan fingerprint density at radius 2 is 1.77 bits per heavy atom. The molecule has 40 heavy (non-hydrogen) atoms. The Hall–Kier alpha value is -4.68. The lowest BCUT2D eigenvalue weighted by Crippen LogP contribution is -2.30. The molecule has 0 spiro atoms. The number of benzene rings is 3. The first-order valence-corrected chi connectivity index (χ1v) is 13.6. The molecule has 5 rings (SSSR count). The number of aliphatic hydroxyl groups excluding tert-OH is 1. The largest absolute Gasteiger partial charge is 0.503 e. The number of aromatic nitrogens is 2. The van der Waals surface area contributed by atoms with E-state index in [9.17, 15) is 29.2 Å². The van der Waals surface area contributed by atoms with Crippen LogP contribution in [-0.2, 0) is 15.3 Å². The highest BCUT2D eigenvalue weighted by molar-refractivity contribution is 8.00. The minimum Gasteiger partial charge on any atom is -0.503 e. The molecule has 2 heterocycles. The Bertz CT molecular complexity index is 1650. The molecule has 4 aromatic rings. The smallest absolute Gasteiger partial charge is 0.296 e. The van der Waals surface area contributed by atoms with E-state index in [2.05, 4.69) is 10.2 Å². The molecule has 200 valence electrons. The van der Waals surface area contributed by atoms with E-state index < -0.39 is 28.4 Å². The van der Waals surface area contributed by atoms with E-state index >= 15 is 0 Å². The van der Waals surface area contributed by atoms with Crippen molar-refractivity contribution in [1.29, 1.82) is 0 Å². The van der Waals surface area contributed by atoms with E-state index in [1.165, 1.54) is 48.2 Å². The summed E-state index contributed by atoms with van der Waals surface area (Å²) in [4.78, 5) is 38.4. The number of thioether (sulfide) groups is 1. The van der Waals surface area contributed by atoms with Gasteiger partial charge in [0.25, 0.3) is 11.6 Å². The maximum Gasteiger partial charge on any atom is 0.296 e. The van der Waals surface area contributed by atoms with Crippen molar-refractivity contribution in [2.24, 2.45) is 0 Å². The second-order valence-corrected chi connectivity index (χ2v) is 10.7. The number of carbonyl (C=O) groups excluding carboxylic acids is 2. The summed E-state index contributed by atoms with van der Waals surface area (Å²) in [5.74, 6) is -2.30. The molecule has 0 fully saturated rings. The summed E-state index contributed by atoms with van der Waals surface area (Å²) in [6.07, 6.45) is 2.82. The van der Waals surface area contributed by atoms with Crippen LogP contribution in [0.4, 0.5) is 15.2 Å².